The molecule has 0 spiro atoms. The first-order valence-electron chi connectivity index (χ1n) is 7.59. The summed E-state index contributed by atoms with van der Waals surface area (Å²) in [7, 11) is 0. The van der Waals surface area contributed by atoms with Gasteiger partial charge in [-0.3, -0.25) is 14.4 Å². The van der Waals surface area contributed by atoms with Crippen molar-refractivity contribution >= 4 is 11.8 Å². The van der Waals surface area contributed by atoms with Gasteiger partial charge in [0.25, 0.3) is 11.8 Å². The second-order valence-electron chi connectivity index (χ2n) is 8.01. The van der Waals surface area contributed by atoms with Crippen LogP contribution in [0.3, 0.4) is 0 Å². The third kappa shape index (κ3) is 7.13. The molecular weight excluding hydrogens is 296 g/mol. The highest BCUT2D eigenvalue weighted by Gasteiger charge is 2.19. The van der Waals surface area contributed by atoms with E-state index >= 15 is 0 Å². The Hall–Kier alpha value is -2.11. The molecule has 2 amide bonds. The van der Waals surface area contributed by atoms with E-state index in [1.165, 1.54) is 0 Å². The van der Waals surface area contributed by atoms with Gasteiger partial charge in [-0.25, -0.2) is 0 Å². The lowest BCUT2D eigenvalue weighted by Gasteiger charge is -2.19. The lowest BCUT2D eigenvalue weighted by Crippen LogP contribution is -2.34. The highest BCUT2D eigenvalue weighted by Crippen LogP contribution is 2.12. The summed E-state index contributed by atoms with van der Waals surface area (Å²) in [6, 6.07) is 2.16. The molecule has 0 unspecified atom stereocenters. The summed E-state index contributed by atoms with van der Waals surface area (Å²) < 4.78 is 5.29. The van der Waals surface area contributed by atoms with E-state index in [0.717, 1.165) is 12.1 Å². The largest absolute Gasteiger partial charge is 0.445 e. The van der Waals surface area contributed by atoms with Crippen LogP contribution in [0, 0.1) is 10.8 Å². The fraction of sp³-hybridized carbons (Fsp3) is 0.588. The highest BCUT2D eigenvalue weighted by atomic mass is 16.4. The maximum atomic E-state index is 12.1. The molecule has 1 heterocycles. The van der Waals surface area contributed by atoms with Crippen LogP contribution < -0.4 is 16.1 Å². The molecule has 0 aromatic carbocycles. The van der Waals surface area contributed by atoms with E-state index < -0.39 is 17.2 Å². The Labute approximate surface area is 136 Å². The van der Waals surface area contributed by atoms with E-state index in [-0.39, 0.29) is 22.4 Å². The van der Waals surface area contributed by atoms with Crippen LogP contribution in [0.25, 0.3) is 0 Å². The Balaban J connectivity index is 2.89. The van der Waals surface area contributed by atoms with E-state index in [1.807, 2.05) is 41.5 Å². The summed E-state index contributed by atoms with van der Waals surface area (Å²) in [5.41, 5.74) is -0.645. The van der Waals surface area contributed by atoms with Gasteiger partial charge in [-0.1, -0.05) is 41.5 Å². The maximum Gasteiger partial charge on any atom is 0.287 e. The molecule has 1 aromatic heterocycles. The molecule has 0 aliphatic heterocycles. The number of hydrogen-bond acceptors (Lipinski definition) is 4. The lowest BCUT2D eigenvalue weighted by molar-refractivity contribution is 0.0878. The molecule has 0 atom stereocenters. The molecule has 1 rings (SSSR count). The van der Waals surface area contributed by atoms with Gasteiger partial charge in [-0.05, 0) is 10.8 Å². The van der Waals surface area contributed by atoms with E-state index in [4.69, 9.17) is 4.42 Å². The first-order chi connectivity index (χ1) is 10.4. The average molecular weight is 322 g/mol. The van der Waals surface area contributed by atoms with E-state index in [0.29, 0.717) is 13.1 Å². The zero-order valence-corrected chi connectivity index (χ0v) is 14.7. The zero-order chi connectivity index (χ0) is 17.8. The fourth-order valence-corrected chi connectivity index (χ4v) is 1.57. The number of carbonyl (C=O) groups is 2. The summed E-state index contributed by atoms with van der Waals surface area (Å²) in [5, 5.41) is 5.37. The summed E-state index contributed by atoms with van der Waals surface area (Å²) in [4.78, 5) is 35.8. The first kappa shape index (κ1) is 18.9. The molecule has 0 aliphatic carbocycles. The van der Waals surface area contributed by atoms with Gasteiger partial charge < -0.3 is 15.1 Å². The Morgan fingerprint density at radius 2 is 1.22 bits per heavy atom. The predicted molar refractivity (Wildman–Crippen MR) is 88.6 cm³/mol. The topological polar surface area (TPSA) is 88.4 Å². The highest BCUT2D eigenvalue weighted by molar-refractivity contribution is 5.94. The Kier molecular flexibility index (Phi) is 5.75. The Morgan fingerprint density at radius 1 is 0.870 bits per heavy atom. The van der Waals surface area contributed by atoms with Crippen molar-refractivity contribution in [1.82, 2.24) is 10.6 Å². The summed E-state index contributed by atoms with van der Waals surface area (Å²) in [6.07, 6.45) is 0. The van der Waals surface area contributed by atoms with Crippen LogP contribution in [-0.2, 0) is 0 Å². The number of hydrogen-bond donors (Lipinski definition) is 2. The number of amides is 2. The summed E-state index contributed by atoms with van der Waals surface area (Å²) in [6.45, 7) is 12.7. The second-order valence-corrected chi connectivity index (χ2v) is 8.01. The number of rotatable bonds is 4. The van der Waals surface area contributed by atoms with Gasteiger partial charge in [0.05, 0.1) is 0 Å². The van der Waals surface area contributed by atoms with E-state index in [2.05, 4.69) is 10.6 Å². The quantitative estimate of drug-likeness (QED) is 0.889. The van der Waals surface area contributed by atoms with Gasteiger partial charge in [0.1, 0.15) is 0 Å². The van der Waals surface area contributed by atoms with Crippen LogP contribution in [0.15, 0.2) is 21.3 Å². The smallest absolute Gasteiger partial charge is 0.287 e. The van der Waals surface area contributed by atoms with E-state index in [9.17, 15) is 14.4 Å². The van der Waals surface area contributed by atoms with Gasteiger partial charge in [0, 0.05) is 25.2 Å². The van der Waals surface area contributed by atoms with Crippen LogP contribution >= 0.6 is 0 Å². The minimum absolute atomic E-state index is 0.0996. The first-order valence-corrected chi connectivity index (χ1v) is 7.59. The lowest BCUT2D eigenvalue weighted by atomic mass is 9.97. The normalized spacial score (nSPS) is 11.9. The molecule has 6 heteroatoms. The van der Waals surface area contributed by atoms with Crippen molar-refractivity contribution < 1.29 is 14.0 Å². The van der Waals surface area contributed by atoms with Gasteiger partial charge in [0.15, 0.2) is 16.9 Å². The van der Waals surface area contributed by atoms with Crippen LogP contribution in [0.2, 0.25) is 0 Å². The van der Waals surface area contributed by atoms with Crippen molar-refractivity contribution in [3.8, 4) is 0 Å². The SMILES string of the molecule is CC(C)(C)CNC(=O)c1cc(=O)cc(C(=O)NCC(C)(C)C)o1. The molecule has 0 aliphatic rings. The van der Waals surface area contributed by atoms with Crippen molar-refractivity contribution in [3.05, 3.63) is 33.9 Å². The molecule has 6 nitrogen and oxygen atoms in total. The van der Waals surface area contributed by atoms with Gasteiger partial charge >= 0.3 is 0 Å². The predicted octanol–water partition coefficient (Wildman–Crippen LogP) is 2.19. The van der Waals surface area contributed by atoms with Crippen molar-refractivity contribution in [2.75, 3.05) is 13.1 Å². The van der Waals surface area contributed by atoms with Crippen molar-refractivity contribution in [2.24, 2.45) is 10.8 Å². The van der Waals surface area contributed by atoms with Gasteiger partial charge in [-0.15, -0.1) is 0 Å². The minimum atomic E-state index is -0.512. The maximum absolute atomic E-state index is 12.1. The third-order valence-corrected chi connectivity index (χ3v) is 2.77. The number of nitrogens with one attached hydrogen (secondary N) is 2. The van der Waals surface area contributed by atoms with Crippen LogP contribution in [0.1, 0.15) is 62.7 Å². The molecule has 0 bridgehead atoms. The summed E-state index contributed by atoms with van der Waals surface area (Å²) in [5.74, 6) is -1.35. The second kappa shape index (κ2) is 6.98. The van der Waals surface area contributed by atoms with Gasteiger partial charge in [-0.2, -0.15) is 0 Å². The molecule has 23 heavy (non-hydrogen) atoms. The molecule has 0 radical (unpaired) electrons. The van der Waals surface area contributed by atoms with Crippen molar-refractivity contribution in [2.45, 2.75) is 41.5 Å². The third-order valence-electron chi connectivity index (χ3n) is 2.77. The van der Waals surface area contributed by atoms with Crippen LogP contribution in [-0.4, -0.2) is 24.9 Å². The average Bonchev–Trinajstić information content (AvgIpc) is 2.39. The number of carbonyl (C=O) groups excluding carboxylic acids is 2. The Morgan fingerprint density at radius 3 is 1.52 bits per heavy atom. The van der Waals surface area contributed by atoms with Crippen LogP contribution in [0.5, 0.6) is 0 Å². The van der Waals surface area contributed by atoms with Gasteiger partial charge in [0.2, 0.25) is 0 Å². The van der Waals surface area contributed by atoms with Crippen molar-refractivity contribution in [1.29, 1.82) is 0 Å². The monoisotopic (exact) mass is 322 g/mol. The fourth-order valence-electron chi connectivity index (χ4n) is 1.57. The molecule has 0 fully saturated rings. The Bertz CT molecular complexity index is 582. The van der Waals surface area contributed by atoms with E-state index in [1.54, 1.807) is 0 Å². The van der Waals surface area contributed by atoms with Crippen LogP contribution in [0.4, 0.5) is 0 Å². The molecular formula is C17H26N2O4. The molecule has 2 N–H and O–H groups in total. The molecule has 128 valence electrons. The zero-order valence-electron chi connectivity index (χ0n) is 14.7. The van der Waals surface area contributed by atoms with Crippen molar-refractivity contribution in [3.63, 3.8) is 0 Å². The molecule has 0 saturated carbocycles. The standard InChI is InChI=1S/C17H26N2O4/c1-16(2,3)9-18-14(21)12-7-11(20)8-13(23-12)15(22)19-10-17(4,5)6/h7-8H,9-10H2,1-6H3,(H,18,21)(H,19,22). The summed E-state index contributed by atoms with van der Waals surface area (Å²) >= 11 is 0. The molecule has 1 aromatic rings. The minimum Gasteiger partial charge on any atom is -0.445 e. The molecule has 0 saturated heterocycles.